The summed E-state index contributed by atoms with van der Waals surface area (Å²) in [6.07, 6.45) is 1.86. The standard InChI is InChI=1S/C26H26N2O3/c1-31-23-10-5-9-22(17-23)24-11-6-16-28(24)25(29)18-27-26(30)21-14-12-20(13-15-21)19-7-3-2-4-8-19/h2-5,7-10,12-15,17,24H,6,11,16,18H2,1H3,(H,27,30). The molecule has 158 valence electrons. The van der Waals surface area contributed by atoms with Crippen LogP contribution >= 0.6 is 0 Å². The summed E-state index contributed by atoms with van der Waals surface area (Å²) in [4.78, 5) is 27.2. The van der Waals surface area contributed by atoms with Crippen molar-refractivity contribution < 1.29 is 14.3 Å². The number of hydrogen-bond acceptors (Lipinski definition) is 3. The van der Waals surface area contributed by atoms with Gasteiger partial charge in [-0.25, -0.2) is 0 Å². The summed E-state index contributed by atoms with van der Waals surface area (Å²) < 4.78 is 5.31. The van der Waals surface area contributed by atoms with Crippen LogP contribution < -0.4 is 10.1 Å². The van der Waals surface area contributed by atoms with Crippen molar-refractivity contribution in [2.45, 2.75) is 18.9 Å². The zero-order valence-electron chi connectivity index (χ0n) is 17.6. The van der Waals surface area contributed by atoms with E-state index in [2.05, 4.69) is 5.32 Å². The molecule has 5 heteroatoms. The van der Waals surface area contributed by atoms with Crippen molar-refractivity contribution in [1.82, 2.24) is 10.2 Å². The Hall–Kier alpha value is -3.60. The maximum atomic E-state index is 12.8. The van der Waals surface area contributed by atoms with Gasteiger partial charge < -0.3 is 15.0 Å². The molecule has 1 unspecified atom stereocenters. The Kier molecular flexibility index (Phi) is 6.32. The molecule has 0 bridgehead atoms. The number of nitrogens with one attached hydrogen (secondary N) is 1. The second kappa shape index (κ2) is 9.47. The number of benzene rings is 3. The van der Waals surface area contributed by atoms with E-state index in [0.29, 0.717) is 12.1 Å². The minimum absolute atomic E-state index is 0.0141. The molecule has 2 amide bonds. The van der Waals surface area contributed by atoms with E-state index < -0.39 is 0 Å². The number of carbonyl (C=O) groups is 2. The molecular weight excluding hydrogens is 388 g/mol. The number of amides is 2. The number of methoxy groups -OCH3 is 1. The van der Waals surface area contributed by atoms with Gasteiger partial charge in [0, 0.05) is 12.1 Å². The van der Waals surface area contributed by atoms with Gasteiger partial charge in [-0.05, 0) is 53.8 Å². The molecule has 0 spiro atoms. The third-order valence-electron chi connectivity index (χ3n) is 5.71. The fraction of sp³-hybridized carbons (Fsp3) is 0.231. The lowest BCUT2D eigenvalue weighted by molar-refractivity contribution is -0.131. The molecule has 0 radical (unpaired) electrons. The summed E-state index contributed by atoms with van der Waals surface area (Å²) in [6.45, 7) is 0.683. The lowest BCUT2D eigenvalue weighted by Crippen LogP contribution is -2.39. The van der Waals surface area contributed by atoms with Gasteiger partial charge in [0.25, 0.3) is 5.91 Å². The summed E-state index contributed by atoms with van der Waals surface area (Å²) in [7, 11) is 1.64. The number of rotatable bonds is 6. The Morgan fingerprint density at radius 1 is 0.968 bits per heavy atom. The molecule has 31 heavy (non-hydrogen) atoms. The van der Waals surface area contributed by atoms with Crippen LogP contribution in [-0.2, 0) is 4.79 Å². The van der Waals surface area contributed by atoms with Crippen LogP contribution in [0, 0.1) is 0 Å². The van der Waals surface area contributed by atoms with E-state index in [4.69, 9.17) is 4.74 Å². The number of carbonyl (C=O) groups excluding carboxylic acids is 2. The van der Waals surface area contributed by atoms with Crippen molar-refractivity contribution in [3.8, 4) is 16.9 Å². The molecule has 3 aromatic carbocycles. The molecule has 1 heterocycles. The molecule has 1 N–H and O–H groups in total. The van der Waals surface area contributed by atoms with E-state index in [-0.39, 0.29) is 24.4 Å². The lowest BCUT2D eigenvalue weighted by Gasteiger charge is -2.25. The molecule has 3 aromatic rings. The highest BCUT2D eigenvalue weighted by molar-refractivity contribution is 5.97. The zero-order chi connectivity index (χ0) is 21.6. The predicted molar refractivity (Wildman–Crippen MR) is 121 cm³/mol. The second-order valence-electron chi connectivity index (χ2n) is 7.65. The van der Waals surface area contributed by atoms with Crippen LogP contribution in [0.4, 0.5) is 0 Å². The van der Waals surface area contributed by atoms with Crippen LogP contribution in [0.15, 0.2) is 78.9 Å². The average Bonchev–Trinajstić information content (AvgIpc) is 3.33. The monoisotopic (exact) mass is 414 g/mol. The Bertz CT molecular complexity index is 1050. The maximum Gasteiger partial charge on any atom is 0.251 e. The highest BCUT2D eigenvalue weighted by atomic mass is 16.5. The summed E-state index contributed by atoms with van der Waals surface area (Å²) in [6, 6.07) is 25.3. The maximum absolute atomic E-state index is 12.8. The average molecular weight is 415 g/mol. The molecule has 5 nitrogen and oxygen atoms in total. The first-order chi connectivity index (χ1) is 15.2. The first-order valence-electron chi connectivity index (χ1n) is 10.5. The normalized spacial score (nSPS) is 15.5. The zero-order valence-corrected chi connectivity index (χ0v) is 17.6. The van der Waals surface area contributed by atoms with Crippen molar-refractivity contribution >= 4 is 11.8 Å². The molecule has 1 aliphatic heterocycles. The number of hydrogen-bond donors (Lipinski definition) is 1. The first kappa shape index (κ1) is 20.7. The third kappa shape index (κ3) is 4.77. The molecule has 0 aromatic heterocycles. The van der Waals surface area contributed by atoms with Crippen molar-refractivity contribution in [2.75, 3.05) is 20.2 Å². The number of likely N-dealkylation sites (tertiary alicyclic amines) is 1. The summed E-state index contributed by atoms with van der Waals surface area (Å²) >= 11 is 0. The van der Waals surface area contributed by atoms with Crippen LogP contribution in [0.1, 0.15) is 34.8 Å². The van der Waals surface area contributed by atoms with Gasteiger partial charge in [-0.1, -0.05) is 54.6 Å². The van der Waals surface area contributed by atoms with Gasteiger partial charge in [0.05, 0.1) is 19.7 Å². The lowest BCUT2D eigenvalue weighted by atomic mass is 10.0. The Labute approximate surface area is 182 Å². The highest BCUT2D eigenvalue weighted by Crippen LogP contribution is 2.33. The van der Waals surface area contributed by atoms with E-state index in [9.17, 15) is 9.59 Å². The fourth-order valence-corrected chi connectivity index (χ4v) is 4.06. The molecule has 1 fully saturated rings. The summed E-state index contributed by atoms with van der Waals surface area (Å²) in [5.41, 5.74) is 3.75. The molecule has 0 saturated carbocycles. The number of nitrogens with zero attached hydrogens (tertiary/aromatic N) is 1. The molecule has 1 saturated heterocycles. The van der Waals surface area contributed by atoms with Crippen LogP contribution in [0.25, 0.3) is 11.1 Å². The smallest absolute Gasteiger partial charge is 0.251 e. The van der Waals surface area contributed by atoms with Gasteiger partial charge in [-0.3, -0.25) is 9.59 Å². The SMILES string of the molecule is COc1cccc(C2CCCN2C(=O)CNC(=O)c2ccc(-c3ccccc3)cc2)c1. The molecule has 0 aliphatic carbocycles. The van der Waals surface area contributed by atoms with Crippen LogP contribution in [0.2, 0.25) is 0 Å². The highest BCUT2D eigenvalue weighted by Gasteiger charge is 2.30. The van der Waals surface area contributed by atoms with Crippen LogP contribution in [0.5, 0.6) is 5.75 Å². The first-order valence-corrected chi connectivity index (χ1v) is 10.5. The molecule has 1 aliphatic rings. The van der Waals surface area contributed by atoms with Crippen molar-refractivity contribution in [3.63, 3.8) is 0 Å². The van der Waals surface area contributed by atoms with E-state index >= 15 is 0 Å². The summed E-state index contributed by atoms with van der Waals surface area (Å²) in [5, 5.41) is 2.77. The minimum Gasteiger partial charge on any atom is -0.497 e. The van der Waals surface area contributed by atoms with Crippen molar-refractivity contribution in [1.29, 1.82) is 0 Å². The fourth-order valence-electron chi connectivity index (χ4n) is 4.06. The molecular formula is C26H26N2O3. The van der Waals surface area contributed by atoms with Crippen LogP contribution in [0.3, 0.4) is 0 Å². The molecule has 1 atom stereocenters. The van der Waals surface area contributed by atoms with Gasteiger partial charge in [-0.15, -0.1) is 0 Å². The van der Waals surface area contributed by atoms with Crippen LogP contribution in [-0.4, -0.2) is 36.9 Å². The quantitative estimate of drug-likeness (QED) is 0.648. The topological polar surface area (TPSA) is 58.6 Å². The Morgan fingerprint density at radius 2 is 1.71 bits per heavy atom. The van der Waals surface area contributed by atoms with Crippen molar-refractivity contribution in [2.24, 2.45) is 0 Å². The van der Waals surface area contributed by atoms with Gasteiger partial charge in [0.15, 0.2) is 0 Å². The molecule has 4 rings (SSSR count). The number of ether oxygens (including phenoxy) is 1. The van der Waals surface area contributed by atoms with E-state index in [1.807, 2.05) is 71.6 Å². The largest absolute Gasteiger partial charge is 0.497 e. The predicted octanol–water partition coefficient (Wildman–Crippen LogP) is 4.46. The van der Waals surface area contributed by atoms with E-state index in [0.717, 1.165) is 35.3 Å². The third-order valence-corrected chi connectivity index (χ3v) is 5.71. The minimum atomic E-state index is -0.245. The van der Waals surface area contributed by atoms with Gasteiger partial charge in [0.1, 0.15) is 5.75 Å². The second-order valence-corrected chi connectivity index (χ2v) is 7.65. The summed E-state index contributed by atoms with van der Waals surface area (Å²) in [5.74, 6) is 0.466. The Morgan fingerprint density at radius 3 is 2.45 bits per heavy atom. The van der Waals surface area contributed by atoms with E-state index in [1.165, 1.54) is 0 Å². The van der Waals surface area contributed by atoms with E-state index in [1.54, 1.807) is 19.2 Å². The Balaban J connectivity index is 1.37. The van der Waals surface area contributed by atoms with Gasteiger partial charge >= 0.3 is 0 Å². The van der Waals surface area contributed by atoms with Gasteiger partial charge in [-0.2, -0.15) is 0 Å². The van der Waals surface area contributed by atoms with Crippen molar-refractivity contribution in [3.05, 3.63) is 90.0 Å². The van der Waals surface area contributed by atoms with Gasteiger partial charge in [0.2, 0.25) is 5.91 Å².